The van der Waals surface area contributed by atoms with Gasteiger partial charge in [-0.15, -0.1) is 0 Å². The second-order valence-corrected chi connectivity index (χ2v) is 9.26. The van der Waals surface area contributed by atoms with Gasteiger partial charge in [-0.1, -0.05) is 6.42 Å². The second-order valence-electron chi connectivity index (χ2n) is 9.26. The number of hydrogen-bond acceptors (Lipinski definition) is 6. The summed E-state index contributed by atoms with van der Waals surface area (Å²) in [6, 6.07) is 6.38. The molecule has 5 heterocycles. The van der Waals surface area contributed by atoms with E-state index in [1.165, 1.54) is 45.2 Å². The van der Waals surface area contributed by atoms with Crippen molar-refractivity contribution in [2.24, 2.45) is 0 Å². The highest BCUT2D eigenvalue weighted by Gasteiger charge is 2.27. The zero-order valence-electron chi connectivity index (χ0n) is 18.8. The van der Waals surface area contributed by atoms with E-state index in [0.717, 1.165) is 43.5 Å². The molecule has 32 heavy (non-hydrogen) atoms. The van der Waals surface area contributed by atoms with Crippen molar-refractivity contribution in [1.29, 1.82) is 0 Å². The van der Waals surface area contributed by atoms with Crippen molar-refractivity contribution in [2.45, 2.75) is 57.2 Å². The molecule has 1 atom stereocenters. The number of likely N-dealkylation sites (tertiary alicyclic amines) is 2. The van der Waals surface area contributed by atoms with E-state index in [1.807, 2.05) is 22.9 Å². The van der Waals surface area contributed by atoms with Crippen molar-refractivity contribution < 1.29 is 9.53 Å². The Balaban J connectivity index is 1.02. The molecule has 0 bridgehead atoms. The van der Waals surface area contributed by atoms with Crippen molar-refractivity contribution >= 4 is 5.91 Å². The van der Waals surface area contributed by atoms with E-state index in [1.54, 1.807) is 12.4 Å². The fourth-order valence-electron chi connectivity index (χ4n) is 5.28. The Hall–Kier alpha value is -2.45. The molecule has 2 aromatic heterocycles. The van der Waals surface area contributed by atoms with E-state index in [-0.39, 0.29) is 12.0 Å². The summed E-state index contributed by atoms with van der Waals surface area (Å²) in [7, 11) is 0. The molecular formula is C24H34N6O2. The predicted molar refractivity (Wildman–Crippen MR) is 122 cm³/mol. The number of nitrogens with one attached hydrogen (secondary N) is 1. The highest BCUT2D eigenvalue weighted by Crippen LogP contribution is 2.22. The van der Waals surface area contributed by atoms with Crippen LogP contribution in [0.1, 0.15) is 48.3 Å². The number of ether oxygens (including phenoxy) is 1. The Morgan fingerprint density at radius 3 is 2.62 bits per heavy atom. The quantitative estimate of drug-likeness (QED) is 0.712. The topological polar surface area (TPSA) is 75.5 Å². The molecule has 8 nitrogen and oxygen atoms in total. The zero-order chi connectivity index (χ0) is 21.8. The molecule has 8 heteroatoms. The van der Waals surface area contributed by atoms with E-state index in [4.69, 9.17) is 4.74 Å². The highest BCUT2D eigenvalue weighted by atomic mass is 16.5. The minimum absolute atomic E-state index is 0.0462. The minimum Gasteiger partial charge on any atom is -0.488 e. The number of nitrogens with zero attached hydrogens (tertiary/aromatic N) is 5. The average molecular weight is 439 g/mol. The van der Waals surface area contributed by atoms with Gasteiger partial charge in [0.1, 0.15) is 17.5 Å². The van der Waals surface area contributed by atoms with E-state index in [2.05, 4.69) is 25.2 Å². The summed E-state index contributed by atoms with van der Waals surface area (Å²) in [6.07, 6.45) is 10.9. The lowest BCUT2D eigenvalue weighted by atomic mass is 10.00. The Kier molecular flexibility index (Phi) is 6.69. The molecule has 0 aromatic carbocycles. The molecule has 1 N–H and O–H groups in total. The monoisotopic (exact) mass is 438 g/mol. The fraction of sp³-hybridized carbons (Fsp3) is 0.625. The number of hydrogen-bond donors (Lipinski definition) is 1. The summed E-state index contributed by atoms with van der Waals surface area (Å²) in [5.74, 6) is 0.732. The van der Waals surface area contributed by atoms with E-state index >= 15 is 0 Å². The lowest BCUT2D eigenvalue weighted by Crippen LogP contribution is -2.48. The summed E-state index contributed by atoms with van der Waals surface area (Å²) in [5.41, 5.74) is 1.56. The van der Waals surface area contributed by atoms with Crippen LogP contribution in [0.4, 0.5) is 0 Å². The molecule has 2 saturated heterocycles. The Labute approximate surface area is 189 Å². The predicted octanol–water partition coefficient (Wildman–Crippen LogP) is 1.96. The molecule has 172 valence electrons. The Morgan fingerprint density at radius 1 is 1.09 bits per heavy atom. The number of amides is 1. The normalized spacial score (nSPS) is 22.6. The second kappa shape index (κ2) is 10.0. The van der Waals surface area contributed by atoms with Gasteiger partial charge < -0.3 is 19.9 Å². The number of carbonyl (C=O) groups is 1. The van der Waals surface area contributed by atoms with Gasteiger partial charge in [-0.05, 0) is 70.1 Å². The maximum atomic E-state index is 12.6. The summed E-state index contributed by atoms with van der Waals surface area (Å²) < 4.78 is 7.88. The molecule has 0 unspecified atom stereocenters. The van der Waals surface area contributed by atoms with E-state index in [0.29, 0.717) is 18.8 Å². The maximum Gasteiger partial charge on any atom is 0.271 e. The Morgan fingerprint density at radius 2 is 1.88 bits per heavy atom. The number of pyridine rings is 1. The number of fused-ring (bicyclic) bond motifs is 1. The van der Waals surface area contributed by atoms with Gasteiger partial charge in [0, 0.05) is 43.6 Å². The summed E-state index contributed by atoms with van der Waals surface area (Å²) >= 11 is 0. The van der Waals surface area contributed by atoms with Crippen LogP contribution in [0.25, 0.3) is 0 Å². The lowest BCUT2D eigenvalue weighted by Gasteiger charge is -2.40. The largest absolute Gasteiger partial charge is 0.488 e. The first-order valence-corrected chi connectivity index (χ1v) is 12.1. The van der Waals surface area contributed by atoms with Crippen molar-refractivity contribution in [1.82, 2.24) is 29.9 Å². The number of aromatic nitrogens is 3. The first kappa shape index (κ1) is 21.4. The molecule has 3 aliphatic heterocycles. The molecular weight excluding hydrogens is 404 g/mol. The van der Waals surface area contributed by atoms with Gasteiger partial charge in [-0.25, -0.2) is 0 Å². The fourth-order valence-corrected chi connectivity index (χ4v) is 5.28. The van der Waals surface area contributed by atoms with Crippen molar-refractivity contribution in [3.63, 3.8) is 0 Å². The minimum atomic E-state index is -0.0818. The van der Waals surface area contributed by atoms with Crippen LogP contribution < -0.4 is 10.1 Å². The van der Waals surface area contributed by atoms with Gasteiger partial charge >= 0.3 is 0 Å². The first-order valence-electron chi connectivity index (χ1n) is 12.1. The van der Waals surface area contributed by atoms with Crippen LogP contribution in [0, 0.1) is 0 Å². The van der Waals surface area contributed by atoms with Gasteiger partial charge in [0.05, 0.1) is 6.54 Å². The SMILES string of the molecule is O=C(NCCN1CCC(N2CCCCC2)CC1)c1cc2n(n1)C[C@@H](Oc1ccncc1)C2. The van der Waals surface area contributed by atoms with Gasteiger partial charge in [0.25, 0.3) is 5.91 Å². The van der Waals surface area contributed by atoms with Crippen LogP contribution in [-0.4, -0.2) is 81.9 Å². The van der Waals surface area contributed by atoms with Crippen molar-refractivity contribution in [2.75, 3.05) is 39.3 Å². The molecule has 3 aliphatic rings. The maximum absolute atomic E-state index is 12.6. The molecule has 2 fully saturated rings. The standard InChI is InChI=1S/C24H34N6O2/c31-24(26-10-15-28-13-6-19(7-14-28)29-11-2-1-3-12-29)23-17-20-16-22(18-30(20)27-23)32-21-4-8-25-9-5-21/h4-5,8-9,17,19,22H,1-3,6-7,10-16,18H2,(H,26,31)/t22-/m0/s1. The van der Waals surface area contributed by atoms with Gasteiger partial charge in [0.2, 0.25) is 0 Å². The molecule has 0 spiro atoms. The van der Waals surface area contributed by atoms with E-state index in [9.17, 15) is 4.79 Å². The van der Waals surface area contributed by atoms with Crippen LogP contribution in [-0.2, 0) is 13.0 Å². The summed E-state index contributed by atoms with van der Waals surface area (Å²) in [5, 5.41) is 7.56. The third-order valence-corrected chi connectivity index (χ3v) is 7.04. The van der Waals surface area contributed by atoms with Crippen molar-refractivity contribution in [3.8, 4) is 5.75 Å². The van der Waals surface area contributed by atoms with E-state index < -0.39 is 0 Å². The smallest absolute Gasteiger partial charge is 0.271 e. The molecule has 0 saturated carbocycles. The van der Waals surface area contributed by atoms with Crippen LogP contribution in [0.5, 0.6) is 5.75 Å². The average Bonchev–Trinajstić information content (AvgIpc) is 3.40. The third-order valence-electron chi connectivity index (χ3n) is 7.04. The third kappa shape index (κ3) is 5.13. The summed E-state index contributed by atoms with van der Waals surface area (Å²) in [4.78, 5) is 21.8. The van der Waals surface area contributed by atoms with Crippen LogP contribution in [0.2, 0.25) is 0 Å². The molecule has 1 amide bonds. The molecule has 0 radical (unpaired) electrons. The van der Waals surface area contributed by atoms with Crippen LogP contribution >= 0.6 is 0 Å². The van der Waals surface area contributed by atoms with Crippen LogP contribution in [0.3, 0.4) is 0 Å². The van der Waals surface area contributed by atoms with Crippen LogP contribution in [0.15, 0.2) is 30.6 Å². The highest BCUT2D eigenvalue weighted by molar-refractivity contribution is 5.92. The van der Waals surface area contributed by atoms with Gasteiger partial charge in [0.15, 0.2) is 0 Å². The molecule has 2 aromatic rings. The van der Waals surface area contributed by atoms with Crippen molar-refractivity contribution in [3.05, 3.63) is 42.0 Å². The van der Waals surface area contributed by atoms with Gasteiger partial charge in [-0.3, -0.25) is 14.5 Å². The Bertz CT molecular complexity index is 864. The zero-order valence-corrected chi connectivity index (χ0v) is 18.8. The lowest BCUT2D eigenvalue weighted by molar-refractivity contribution is 0.0877. The first-order chi connectivity index (χ1) is 15.7. The summed E-state index contributed by atoms with van der Waals surface area (Å²) in [6.45, 7) is 7.08. The number of piperidine rings is 2. The van der Waals surface area contributed by atoms with Gasteiger partial charge in [-0.2, -0.15) is 5.10 Å². The number of rotatable bonds is 7. The molecule has 0 aliphatic carbocycles. The number of carbonyl (C=O) groups excluding carboxylic acids is 1. The molecule has 5 rings (SSSR count).